The summed E-state index contributed by atoms with van der Waals surface area (Å²) in [5, 5.41) is 5.86. The van der Waals surface area contributed by atoms with Crippen molar-refractivity contribution in [2.24, 2.45) is 0 Å². The van der Waals surface area contributed by atoms with Crippen LogP contribution in [-0.2, 0) is 6.54 Å². The minimum atomic E-state index is -4.46. The van der Waals surface area contributed by atoms with Crippen LogP contribution in [0, 0.1) is 11.6 Å². The molecular formula is C13H10F5N3OS. The number of hydrogen-bond donors (Lipinski definition) is 0. The van der Waals surface area contributed by atoms with E-state index in [2.05, 4.69) is 10.2 Å². The third-order valence-electron chi connectivity index (χ3n) is 2.78. The number of Topliss-reactive ketones (excluding diaryl/α,β-unsaturated/α-hetero) is 1. The molecule has 1 heterocycles. The molecule has 1 unspecified atom stereocenters. The number of thioether (sulfide) groups is 1. The monoisotopic (exact) mass is 351 g/mol. The van der Waals surface area contributed by atoms with Crippen LogP contribution in [0.15, 0.2) is 29.7 Å². The Balaban J connectivity index is 2.14. The SMILES string of the molecule is CC(Sc1nncn1CC(F)(F)F)C(=O)c1ccc(F)cc1F. The van der Waals surface area contributed by atoms with Crippen molar-refractivity contribution in [1.29, 1.82) is 0 Å². The van der Waals surface area contributed by atoms with Gasteiger partial charge in [-0.1, -0.05) is 11.8 Å². The van der Waals surface area contributed by atoms with E-state index >= 15 is 0 Å². The maximum Gasteiger partial charge on any atom is 0.406 e. The van der Waals surface area contributed by atoms with Crippen molar-refractivity contribution in [2.45, 2.75) is 30.1 Å². The molecule has 1 aromatic heterocycles. The number of carbonyl (C=O) groups excluding carboxylic acids is 1. The first kappa shape index (κ1) is 17.4. The van der Waals surface area contributed by atoms with Crippen molar-refractivity contribution in [3.05, 3.63) is 41.7 Å². The minimum Gasteiger partial charge on any atom is -0.299 e. The van der Waals surface area contributed by atoms with Gasteiger partial charge in [-0.15, -0.1) is 10.2 Å². The highest BCUT2D eigenvalue weighted by atomic mass is 32.2. The Kier molecular flexibility index (Phi) is 5.03. The molecular weight excluding hydrogens is 341 g/mol. The molecule has 10 heteroatoms. The quantitative estimate of drug-likeness (QED) is 0.470. The smallest absolute Gasteiger partial charge is 0.299 e. The normalized spacial score (nSPS) is 13.1. The van der Waals surface area contributed by atoms with Gasteiger partial charge in [0, 0.05) is 6.07 Å². The maximum atomic E-state index is 13.6. The molecule has 0 spiro atoms. The number of rotatable bonds is 5. The van der Waals surface area contributed by atoms with Gasteiger partial charge in [-0.05, 0) is 19.1 Å². The number of benzene rings is 1. The second kappa shape index (κ2) is 6.65. The van der Waals surface area contributed by atoms with Gasteiger partial charge >= 0.3 is 6.18 Å². The molecule has 2 aromatic rings. The van der Waals surface area contributed by atoms with Gasteiger partial charge in [0.15, 0.2) is 10.9 Å². The standard InChI is InChI=1S/C13H10F5N3OS/c1-7(11(22)9-3-2-8(14)4-10(9)15)23-12-20-19-6-21(12)5-13(16,17)18/h2-4,6-7H,5H2,1H3. The van der Waals surface area contributed by atoms with E-state index in [0.29, 0.717) is 17.8 Å². The van der Waals surface area contributed by atoms with Gasteiger partial charge in [-0.3, -0.25) is 9.36 Å². The molecule has 0 aliphatic rings. The number of nitrogens with zero attached hydrogens (tertiary/aromatic N) is 3. The molecule has 0 amide bonds. The summed E-state index contributed by atoms with van der Waals surface area (Å²) in [4.78, 5) is 12.1. The lowest BCUT2D eigenvalue weighted by atomic mass is 10.1. The summed E-state index contributed by atoms with van der Waals surface area (Å²) in [6.45, 7) is 0.0938. The number of ketones is 1. The Morgan fingerprint density at radius 1 is 1.35 bits per heavy atom. The average Bonchev–Trinajstić information content (AvgIpc) is 2.83. The highest BCUT2D eigenvalue weighted by Gasteiger charge is 2.30. The van der Waals surface area contributed by atoms with Gasteiger partial charge in [-0.2, -0.15) is 13.2 Å². The number of hydrogen-bond acceptors (Lipinski definition) is 4. The zero-order chi connectivity index (χ0) is 17.2. The third-order valence-corrected chi connectivity index (χ3v) is 3.87. The van der Waals surface area contributed by atoms with Crippen LogP contribution in [0.3, 0.4) is 0 Å². The Labute approximate surface area is 131 Å². The van der Waals surface area contributed by atoms with E-state index in [1.54, 1.807) is 0 Å². The van der Waals surface area contributed by atoms with Gasteiger partial charge in [0.1, 0.15) is 24.5 Å². The highest BCUT2D eigenvalue weighted by molar-refractivity contribution is 8.00. The Morgan fingerprint density at radius 2 is 2.04 bits per heavy atom. The van der Waals surface area contributed by atoms with Crippen LogP contribution in [-0.4, -0.2) is 32.0 Å². The fourth-order valence-corrected chi connectivity index (χ4v) is 2.65. The van der Waals surface area contributed by atoms with E-state index in [0.717, 1.165) is 23.0 Å². The highest BCUT2D eigenvalue weighted by Crippen LogP contribution is 2.27. The van der Waals surface area contributed by atoms with Crippen LogP contribution in [0.5, 0.6) is 0 Å². The first-order valence-electron chi connectivity index (χ1n) is 6.28. The second-order valence-corrected chi connectivity index (χ2v) is 5.91. The lowest BCUT2D eigenvalue weighted by molar-refractivity contribution is -0.142. The summed E-state index contributed by atoms with van der Waals surface area (Å²) in [6, 6.07) is 2.49. The molecule has 0 aliphatic heterocycles. The Hall–Kier alpha value is -1.97. The van der Waals surface area contributed by atoms with Crippen LogP contribution in [0.2, 0.25) is 0 Å². The summed E-state index contributed by atoms with van der Waals surface area (Å²) in [7, 11) is 0. The molecule has 0 fully saturated rings. The largest absolute Gasteiger partial charge is 0.406 e. The van der Waals surface area contributed by atoms with Crippen LogP contribution < -0.4 is 0 Å². The Morgan fingerprint density at radius 3 is 2.65 bits per heavy atom. The van der Waals surface area contributed by atoms with E-state index in [-0.39, 0.29) is 10.7 Å². The lowest BCUT2D eigenvalue weighted by Gasteiger charge is -2.12. The first-order valence-corrected chi connectivity index (χ1v) is 7.16. The van der Waals surface area contributed by atoms with Gasteiger partial charge in [0.2, 0.25) is 0 Å². The first-order chi connectivity index (χ1) is 10.7. The number of alkyl halides is 3. The number of carbonyl (C=O) groups is 1. The van der Waals surface area contributed by atoms with E-state index in [9.17, 15) is 26.7 Å². The predicted octanol–water partition coefficient (Wildman–Crippen LogP) is 3.48. The average molecular weight is 351 g/mol. The van der Waals surface area contributed by atoms with Gasteiger partial charge < -0.3 is 0 Å². The number of halogens is 5. The number of aromatic nitrogens is 3. The van der Waals surface area contributed by atoms with Crippen LogP contribution in [0.4, 0.5) is 22.0 Å². The van der Waals surface area contributed by atoms with Crippen molar-refractivity contribution in [2.75, 3.05) is 0 Å². The molecule has 1 aromatic carbocycles. The molecule has 0 bridgehead atoms. The van der Waals surface area contributed by atoms with E-state index < -0.39 is 35.4 Å². The zero-order valence-corrected chi connectivity index (χ0v) is 12.5. The van der Waals surface area contributed by atoms with E-state index in [1.165, 1.54) is 6.92 Å². The van der Waals surface area contributed by atoms with Crippen LogP contribution in [0.1, 0.15) is 17.3 Å². The molecule has 4 nitrogen and oxygen atoms in total. The fraction of sp³-hybridized carbons (Fsp3) is 0.308. The van der Waals surface area contributed by atoms with Crippen molar-refractivity contribution in [3.63, 3.8) is 0 Å². The van der Waals surface area contributed by atoms with Crippen LogP contribution >= 0.6 is 11.8 Å². The lowest BCUT2D eigenvalue weighted by Crippen LogP contribution is -2.20. The van der Waals surface area contributed by atoms with E-state index in [1.807, 2.05) is 0 Å². The summed E-state index contributed by atoms with van der Waals surface area (Å²) >= 11 is 0.713. The maximum absolute atomic E-state index is 13.6. The van der Waals surface area contributed by atoms with Crippen molar-refractivity contribution >= 4 is 17.5 Å². The van der Waals surface area contributed by atoms with E-state index in [4.69, 9.17) is 0 Å². The molecule has 0 N–H and O–H groups in total. The molecule has 23 heavy (non-hydrogen) atoms. The molecule has 2 rings (SSSR count). The molecule has 0 saturated heterocycles. The predicted molar refractivity (Wildman–Crippen MR) is 72.1 cm³/mol. The third kappa shape index (κ3) is 4.50. The minimum absolute atomic E-state index is 0.120. The van der Waals surface area contributed by atoms with Crippen molar-refractivity contribution < 1.29 is 26.7 Å². The second-order valence-electron chi connectivity index (χ2n) is 4.61. The Bertz CT molecular complexity index is 716. The van der Waals surface area contributed by atoms with Gasteiger partial charge in [0.05, 0.1) is 10.8 Å². The molecule has 1 atom stereocenters. The van der Waals surface area contributed by atoms with Crippen molar-refractivity contribution in [3.8, 4) is 0 Å². The molecule has 0 saturated carbocycles. The zero-order valence-electron chi connectivity index (χ0n) is 11.6. The van der Waals surface area contributed by atoms with Crippen molar-refractivity contribution in [1.82, 2.24) is 14.8 Å². The van der Waals surface area contributed by atoms with Gasteiger partial charge in [0.25, 0.3) is 0 Å². The summed E-state index contributed by atoms with van der Waals surface area (Å²) in [6.07, 6.45) is -3.57. The fourth-order valence-electron chi connectivity index (χ4n) is 1.76. The summed E-state index contributed by atoms with van der Waals surface area (Å²) in [5.41, 5.74) is -0.340. The summed E-state index contributed by atoms with van der Waals surface area (Å²) in [5.74, 6) is -2.54. The topological polar surface area (TPSA) is 47.8 Å². The summed E-state index contributed by atoms with van der Waals surface area (Å²) < 4.78 is 64.4. The molecule has 0 aliphatic carbocycles. The molecule has 124 valence electrons. The molecule has 0 radical (unpaired) electrons. The van der Waals surface area contributed by atoms with Gasteiger partial charge in [-0.25, -0.2) is 8.78 Å². The van der Waals surface area contributed by atoms with Crippen LogP contribution in [0.25, 0.3) is 0 Å².